The monoisotopic (exact) mass is 410 g/mol. The number of nitrogens with two attached hydrogens (primary N) is 1. The van der Waals surface area contributed by atoms with Gasteiger partial charge in [0.1, 0.15) is 0 Å². The van der Waals surface area contributed by atoms with Gasteiger partial charge in [0.2, 0.25) is 5.91 Å². The second-order valence-corrected chi connectivity index (χ2v) is 8.08. The number of carbonyl (C=O) groups excluding carboxylic acids is 2. The molecule has 0 aliphatic heterocycles. The molecule has 0 bridgehead atoms. The zero-order valence-electron chi connectivity index (χ0n) is 15.1. The van der Waals surface area contributed by atoms with Gasteiger partial charge in [0.25, 0.3) is 5.91 Å². The molecule has 0 fully saturated rings. The number of halogens is 1. The van der Waals surface area contributed by atoms with Crippen LogP contribution in [0.4, 0.5) is 0 Å². The number of nitrogens with zero attached hydrogens (tertiary/aromatic N) is 1. The minimum atomic E-state index is -0.492. The van der Waals surface area contributed by atoms with Crippen molar-refractivity contribution in [3.05, 3.63) is 92.1 Å². The molecule has 0 spiro atoms. The van der Waals surface area contributed by atoms with Gasteiger partial charge in [0.05, 0.1) is 11.6 Å². The van der Waals surface area contributed by atoms with Crippen molar-refractivity contribution in [3.63, 3.8) is 0 Å². The van der Waals surface area contributed by atoms with E-state index in [0.717, 1.165) is 24.0 Å². The summed E-state index contributed by atoms with van der Waals surface area (Å²) in [6.45, 7) is 0.310. The van der Waals surface area contributed by atoms with Crippen LogP contribution in [0.3, 0.4) is 0 Å². The molecule has 3 aromatic rings. The fourth-order valence-corrected chi connectivity index (χ4v) is 4.64. The highest BCUT2D eigenvalue weighted by atomic mass is 35.5. The molecular formula is C22H19ClN2O2S. The Balaban J connectivity index is 1.76. The van der Waals surface area contributed by atoms with Gasteiger partial charge in [-0.2, -0.15) is 11.3 Å². The van der Waals surface area contributed by atoms with E-state index in [0.29, 0.717) is 22.7 Å². The third-order valence-corrected chi connectivity index (χ3v) is 6.10. The van der Waals surface area contributed by atoms with E-state index in [1.807, 2.05) is 52.1 Å². The Morgan fingerprint density at radius 1 is 1.18 bits per heavy atom. The van der Waals surface area contributed by atoms with Crippen LogP contribution in [0.5, 0.6) is 0 Å². The van der Waals surface area contributed by atoms with Crippen LogP contribution in [0.2, 0.25) is 5.02 Å². The quantitative estimate of drug-likeness (QED) is 0.654. The van der Waals surface area contributed by atoms with Gasteiger partial charge in [-0.05, 0) is 59.2 Å². The van der Waals surface area contributed by atoms with E-state index in [4.69, 9.17) is 17.3 Å². The molecule has 6 heteroatoms. The third kappa shape index (κ3) is 3.55. The van der Waals surface area contributed by atoms with E-state index in [2.05, 4.69) is 0 Å². The third-order valence-electron chi connectivity index (χ3n) is 5.18. The molecule has 1 heterocycles. The number of primary amides is 1. The molecular weight excluding hydrogens is 392 g/mol. The smallest absolute Gasteiger partial charge is 0.255 e. The Hall–Kier alpha value is -2.63. The van der Waals surface area contributed by atoms with Crippen LogP contribution in [0.25, 0.3) is 0 Å². The van der Waals surface area contributed by atoms with Crippen molar-refractivity contribution in [2.75, 3.05) is 0 Å². The molecule has 142 valence electrons. The summed E-state index contributed by atoms with van der Waals surface area (Å²) in [7, 11) is 0. The zero-order valence-corrected chi connectivity index (χ0v) is 16.7. The van der Waals surface area contributed by atoms with E-state index >= 15 is 0 Å². The van der Waals surface area contributed by atoms with Crippen LogP contribution in [-0.2, 0) is 13.0 Å². The predicted octanol–water partition coefficient (Wildman–Crippen LogP) is 4.83. The first-order valence-corrected chi connectivity index (χ1v) is 10.4. The molecule has 0 saturated heterocycles. The molecule has 0 unspecified atom stereocenters. The lowest BCUT2D eigenvalue weighted by Gasteiger charge is -2.30. The van der Waals surface area contributed by atoms with Gasteiger partial charge < -0.3 is 10.6 Å². The summed E-state index contributed by atoms with van der Waals surface area (Å²) in [5.41, 5.74) is 9.67. The van der Waals surface area contributed by atoms with Crippen molar-refractivity contribution >= 4 is 34.8 Å². The molecule has 1 aliphatic rings. The first-order chi connectivity index (χ1) is 13.5. The average Bonchev–Trinajstić information content (AvgIpc) is 3.35. The number of hydrogen-bond acceptors (Lipinski definition) is 3. The lowest BCUT2D eigenvalue weighted by molar-refractivity contribution is 0.0657. The van der Waals surface area contributed by atoms with E-state index in [1.54, 1.807) is 12.1 Å². The molecule has 2 amide bonds. The molecule has 4 rings (SSSR count). The van der Waals surface area contributed by atoms with Crippen molar-refractivity contribution in [3.8, 4) is 0 Å². The number of benzene rings is 2. The first kappa shape index (κ1) is 18.7. The van der Waals surface area contributed by atoms with Crippen LogP contribution in [0, 0.1) is 0 Å². The maximum atomic E-state index is 13.4. The molecule has 0 saturated carbocycles. The summed E-state index contributed by atoms with van der Waals surface area (Å²) < 4.78 is 0. The molecule has 0 radical (unpaired) electrons. The molecule has 2 N–H and O–H groups in total. The second-order valence-electron chi connectivity index (χ2n) is 6.86. The highest BCUT2D eigenvalue weighted by molar-refractivity contribution is 7.08. The second kappa shape index (κ2) is 7.78. The number of thiophene rings is 1. The highest BCUT2D eigenvalue weighted by Gasteiger charge is 2.32. The highest BCUT2D eigenvalue weighted by Crippen LogP contribution is 2.39. The summed E-state index contributed by atoms with van der Waals surface area (Å²) in [5, 5.41) is 4.40. The number of aryl methyl sites for hydroxylation is 1. The fraction of sp³-hybridized carbons (Fsp3) is 0.182. The van der Waals surface area contributed by atoms with Crippen molar-refractivity contribution in [1.82, 2.24) is 4.90 Å². The zero-order chi connectivity index (χ0) is 19.7. The van der Waals surface area contributed by atoms with Crippen molar-refractivity contribution in [1.29, 1.82) is 0 Å². The number of hydrogen-bond donors (Lipinski definition) is 1. The van der Waals surface area contributed by atoms with Crippen molar-refractivity contribution < 1.29 is 9.59 Å². The standard InChI is InChI=1S/C22H19ClN2O2S/c23-17-7-5-14-6-8-20(19(14)11-17)25(22(27)16-9-10-28-13-16)12-15-3-1-2-4-18(15)21(24)26/h1-5,7,9-11,13,20H,6,8,12H2,(H2,24,26)/t20-/m1/s1. The summed E-state index contributed by atoms with van der Waals surface area (Å²) in [6.07, 6.45) is 1.71. The Kier molecular flexibility index (Phi) is 5.20. The Bertz CT molecular complexity index is 1030. The van der Waals surface area contributed by atoms with Crippen LogP contribution < -0.4 is 5.73 Å². The van der Waals surface area contributed by atoms with Gasteiger partial charge in [-0.15, -0.1) is 0 Å². The summed E-state index contributed by atoms with van der Waals surface area (Å²) in [5.74, 6) is -0.549. The minimum absolute atomic E-state index is 0.0571. The van der Waals surface area contributed by atoms with Gasteiger partial charge in [-0.3, -0.25) is 9.59 Å². The SMILES string of the molecule is NC(=O)c1ccccc1CN(C(=O)c1ccsc1)[C@@H]1CCc2ccc(Cl)cc21. The average molecular weight is 411 g/mol. The van der Waals surface area contributed by atoms with Gasteiger partial charge in [0.15, 0.2) is 0 Å². The normalized spacial score (nSPS) is 15.2. The van der Waals surface area contributed by atoms with E-state index in [-0.39, 0.29) is 11.9 Å². The minimum Gasteiger partial charge on any atom is -0.366 e. The molecule has 28 heavy (non-hydrogen) atoms. The lowest BCUT2D eigenvalue weighted by atomic mass is 10.0. The van der Waals surface area contributed by atoms with Crippen molar-refractivity contribution in [2.45, 2.75) is 25.4 Å². The van der Waals surface area contributed by atoms with E-state index < -0.39 is 5.91 Å². The first-order valence-electron chi connectivity index (χ1n) is 9.04. The predicted molar refractivity (Wildman–Crippen MR) is 112 cm³/mol. The van der Waals surface area contributed by atoms with E-state index in [1.165, 1.54) is 16.9 Å². The number of amides is 2. The molecule has 1 aromatic heterocycles. The molecule has 1 aliphatic carbocycles. The summed E-state index contributed by atoms with van der Waals surface area (Å²) in [6, 6.07) is 14.8. The largest absolute Gasteiger partial charge is 0.366 e. The number of rotatable bonds is 5. The number of carbonyl (C=O) groups is 2. The lowest BCUT2D eigenvalue weighted by Crippen LogP contribution is -2.34. The molecule has 4 nitrogen and oxygen atoms in total. The summed E-state index contributed by atoms with van der Waals surface area (Å²) >= 11 is 7.72. The molecule has 1 atom stereocenters. The fourth-order valence-electron chi connectivity index (χ4n) is 3.83. The van der Waals surface area contributed by atoms with Crippen LogP contribution in [0.1, 0.15) is 49.9 Å². The van der Waals surface area contributed by atoms with Gasteiger partial charge in [-0.1, -0.05) is 35.9 Å². The van der Waals surface area contributed by atoms with Gasteiger partial charge >= 0.3 is 0 Å². The topological polar surface area (TPSA) is 63.4 Å². The Morgan fingerprint density at radius 2 is 2.00 bits per heavy atom. The summed E-state index contributed by atoms with van der Waals surface area (Å²) in [4.78, 5) is 27.1. The Labute approximate surface area is 172 Å². The number of fused-ring (bicyclic) bond motifs is 1. The Morgan fingerprint density at radius 3 is 2.75 bits per heavy atom. The van der Waals surface area contributed by atoms with Gasteiger partial charge in [-0.25, -0.2) is 0 Å². The van der Waals surface area contributed by atoms with Crippen LogP contribution in [-0.4, -0.2) is 16.7 Å². The van der Waals surface area contributed by atoms with Gasteiger partial charge in [0, 0.05) is 22.5 Å². The van der Waals surface area contributed by atoms with E-state index in [9.17, 15) is 9.59 Å². The van der Waals surface area contributed by atoms with Crippen LogP contribution in [0.15, 0.2) is 59.3 Å². The maximum absolute atomic E-state index is 13.4. The maximum Gasteiger partial charge on any atom is 0.255 e. The van der Waals surface area contributed by atoms with Crippen molar-refractivity contribution in [2.24, 2.45) is 5.73 Å². The molecule has 2 aromatic carbocycles. The van der Waals surface area contributed by atoms with Crippen LogP contribution >= 0.6 is 22.9 Å².